The second-order valence-corrected chi connectivity index (χ2v) is 7.81. The van der Waals surface area contributed by atoms with Crippen LogP contribution in [0.2, 0.25) is 0 Å². The first-order valence-electron chi connectivity index (χ1n) is 9.95. The van der Waals surface area contributed by atoms with Crippen LogP contribution in [-0.4, -0.2) is 47.8 Å². The maximum absolute atomic E-state index is 12.0. The molecule has 1 aromatic carbocycles. The van der Waals surface area contributed by atoms with Gasteiger partial charge in [0, 0.05) is 45.6 Å². The maximum Gasteiger partial charge on any atom is 0.222 e. The molecule has 0 bridgehead atoms. The minimum absolute atomic E-state index is 0.0103. The van der Waals surface area contributed by atoms with Crippen molar-refractivity contribution in [2.75, 3.05) is 26.2 Å². The molecular weight excluding hydrogens is 326 g/mol. The summed E-state index contributed by atoms with van der Waals surface area (Å²) in [6.07, 6.45) is 4.58. The standard InChI is InChI=1S/C21H31N3O2/c1-17-4-2-11-23(15-17)16-19-8-6-18(7-9-19)14-22-20(25)10-13-24-12-3-5-21(24)26/h6-9,17H,2-5,10-16H2,1H3,(H,22,25). The Balaban J connectivity index is 1.38. The van der Waals surface area contributed by atoms with Gasteiger partial charge >= 0.3 is 0 Å². The number of likely N-dealkylation sites (tertiary alicyclic amines) is 2. The van der Waals surface area contributed by atoms with Gasteiger partial charge in [-0.05, 0) is 42.9 Å². The van der Waals surface area contributed by atoms with Crippen LogP contribution in [0.25, 0.3) is 0 Å². The molecule has 2 amide bonds. The third-order valence-electron chi connectivity index (χ3n) is 5.44. The van der Waals surface area contributed by atoms with E-state index >= 15 is 0 Å². The van der Waals surface area contributed by atoms with Crippen LogP contribution >= 0.6 is 0 Å². The van der Waals surface area contributed by atoms with E-state index < -0.39 is 0 Å². The van der Waals surface area contributed by atoms with Gasteiger partial charge in [-0.3, -0.25) is 14.5 Å². The number of nitrogens with one attached hydrogen (secondary N) is 1. The number of carbonyl (C=O) groups excluding carboxylic acids is 2. The zero-order chi connectivity index (χ0) is 18.4. The van der Waals surface area contributed by atoms with Crippen LogP contribution in [0, 0.1) is 5.92 Å². The molecule has 1 N–H and O–H groups in total. The van der Waals surface area contributed by atoms with E-state index in [9.17, 15) is 9.59 Å². The Hall–Kier alpha value is -1.88. The number of nitrogens with zero attached hydrogens (tertiary/aromatic N) is 2. The van der Waals surface area contributed by atoms with Gasteiger partial charge in [-0.25, -0.2) is 0 Å². The summed E-state index contributed by atoms with van der Waals surface area (Å²) in [5.74, 6) is 0.988. The Kier molecular flexibility index (Phi) is 6.67. The van der Waals surface area contributed by atoms with Crippen molar-refractivity contribution in [2.45, 2.75) is 52.1 Å². The number of rotatable bonds is 7. The Bertz CT molecular complexity index is 614. The Morgan fingerprint density at radius 3 is 2.62 bits per heavy atom. The highest BCUT2D eigenvalue weighted by atomic mass is 16.2. The molecule has 5 heteroatoms. The molecule has 0 aromatic heterocycles. The monoisotopic (exact) mass is 357 g/mol. The molecule has 2 saturated heterocycles. The van der Waals surface area contributed by atoms with Gasteiger partial charge < -0.3 is 10.2 Å². The minimum Gasteiger partial charge on any atom is -0.352 e. The minimum atomic E-state index is 0.0103. The fourth-order valence-electron chi connectivity index (χ4n) is 3.92. The lowest BCUT2D eigenvalue weighted by Crippen LogP contribution is -2.33. The van der Waals surface area contributed by atoms with E-state index in [4.69, 9.17) is 0 Å². The Labute approximate surface area is 156 Å². The second-order valence-electron chi connectivity index (χ2n) is 7.81. The number of hydrogen-bond acceptors (Lipinski definition) is 3. The van der Waals surface area contributed by atoms with E-state index in [-0.39, 0.29) is 11.8 Å². The summed E-state index contributed by atoms with van der Waals surface area (Å²) < 4.78 is 0. The highest BCUT2D eigenvalue weighted by Gasteiger charge is 2.20. The summed E-state index contributed by atoms with van der Waals surface area (Å²) in [5, 5.41) is 2.96. The van der Waals surface area contributed by atoms with Crippen molar-refractivity contribution in [3.05, 3.63) is 35.4 Å². The average molecular weight is 357 g/mol. The molecule has 1 aromatic rings. The van der Waals surface area contributed by atoms with E-state index in [0.717, 1.165) is 31.0 Å². The van der Waals surface area contributed by atoms with Gasteiger partial charge in [-0.15, -0.1) is 0 Å². The van der Waals surface area contributed by atoms with Crippen LogP contribution in [-0.2, 0) is 22.7 Å². The van der Waals surface area contributed by atoms with Gasteiger partial charge in [0.1, 0.15) is 0 Å². The zero-order valence-corrected chi connectivity index (χ0v) is 15.9. The Morgan fingerprint density at radius 2 is 1.92 bits per heavy atom. The summed E-state index contributed by atoms with van der Waals surface area (Å²) in [6, 6.07) is 8.55. The lowest BCUT2D eigenvalue weighted by Gasteiger charge is -2.30. The number of piperidine rings is 1. The molecule has 142 valence electrons. The number of benzene rings is 1. The summed E-state index contributed by atoms with van der Waals surface area (Å²) in [4.78, 5) is 27.9. The molecule has 0 spiro atoms. The quantitative estimate of drug-likeness (QED) is 0.816. The fourth-order valence-corrected chi connectivity index (χ4v) is 3.92. The van der Waals surface area contributed by atoms with Gasteiger partial charge in [0.05, 0.1) is 0 Å². The molecule has 0 aliphatic carbocycles. The first-order valence-corrected chi connectivity index (χ1v) is 9.95. The molecule has 0 radical (unpaired) electrons. The molecule has 26 heavy (non-hydrogen) atoms. The van der Waals surface area contributed by atoms with Gasteiger partial charge in [0.15, 0.2) is 0 Å². The first-order chi connectivity index (χ1) is 12.6. The lowest BCUT2D eigenvalue weighted by atomic mass is 9.99. The van der Waals surface area contributed by atoms with Crippen molar-refractivity contribution in [1.29, 1.82) is 0 Å². The van der Waals surface area contributed by atoms with Crippen LogP contribution < -0.4 is 5.32 Å². The SMILES string of the molecule is CC1CCCN(Cc2ccc(CNC(=O)CCN3CCCC3=O)cc2)C1. The Morgan fingerprint density at radius 1 is 1.15 bits per heavy atom. The van der Waals surface area contributed by atoms with Crippen molar-refractivity contribution in [3.8, 4) is 0 Å². The highest BCUT2D eigenvalue weighted by molar-refractivity contribution is 5.80. The third-order valence-corrected chi connectivity index (χ3v) is 5.44. The van der Waals surface area contributed by atoms with E-state index in [2.05, 4.69) is 41.4 Å². The van der Waals surface area contributed by atoms with Crippen LogP contribution in [0.15, 0.2) is 24.3 Å². The summed E-state index contributed by atoms with van der Waals surface area (Å²) >= 11 is 0. The molecule has 2 aliphatic heterocycles. The molecule has 3 rings (SSSR count). The second kappa shape index (κ2) is 9.17. The zero-order valence-electron chi connectivity index (χ0n) is 15.9. The third kappa shape index (κ3) is 5.56. The van der Waals surface area contributed by atoms with Crippen molar-refractivity contribution < 1.29 is 9.59 Å². The molecule has 1 atom stereocenters. The van der Waals surface area contributed by atoms with Crippen molar-refractivity contribution in [2.24, 2.45) is 5.92 Å². The molecule has 0 saturated carbocycles. The first kappa shape index (κ1) is 18.9. The lowest BCUT2D eigenvalue weighted by molar-refractivity contribution is -0.128. The van der Waals surface area contributed by atoms with Crippen LogP contribution in [0.1, 0.15) is 50.2 Å². The van der Waals surface area contributed by atoms with Gasteiger partial charge in [-0.1, -0.05) is 31.2 Å². The van der Waals surface area contributed by atoms with Crippen molar-refractivity contribution >= 4 is 11.8 Å². The molecular formula is C21H31N3O2. The largest absolute Gasteiger partial charge is 0.352 e. The number of hydrogen-bond donors (Lipinski definition) is 1. The molecule has 1 unspecified atom stereocenters. The van der Waals surface area contributed by atoms with E-state index in [1.807, 2.05) is 0 Å². The van der Waals surface area contributed by atoms with E-state index in [1.165, 1.54) is 31.5 Å². The van der Waals surface area contributed by atoms with Gasteiger partial charge in [-0.2, -0.15) is 0 Å². The normalized spacial score (nSPS) is 21.2. The summed E-state index contributed by atoms with van der Waals surface area (Å²) in [7, 11) is 0. The maximum atomic E-state index is 12.0. The summed E-state index contributed by atoms with van der Waals surface area (Å²) in [5.41, 5.74) is 2.45. The average Bonchev–Trinajstić information content (AvgIpc) is 3.04. The predicted molar refractivity (Wildman–Crippen MR) is 102 cm³/mol. The van der Waals surface area contributed by atoms with Crippen LogP contribution in [0.5, 0.6) is 0 Å². The number of amides is 2. The smallest absolute Gasteiger partial charge is 0.222 e. The van der Waals surface area contributed by atoms with Crippen molar-refractivity contribution in [3.63, 3.8) is 0 Å². The van der Waals surface area contributed by atoms with Crippen molar-refractivity contribution in [1.82, 2.24) is 15.1 Å². The van der Waals surface area contributed by atoms with Gasteiger partial charge in [0.2, 0.25) is 11.8 Å². The molecule has 2 aliphatic rings. The predicted octanol–water partition coefficient (Wildman–Crippen LogP) is 2.55. The summed E-state index contributed by atoms with van der Waals surface area (Å²) in [6.45, 7) is 7.62. The fraction of sp³-hybridized carbons (Fsp3) is 0.619. The molecule has 5 nitrogen and oxygen atoms in total. The van der Waals surface area contributed by atoms with Crippen LogP contribution in [0.4, 0.5) is 0 Å². The van der Waals surface area contributed by atoms with Crippen LogP contribution in [0.3, 0.4) is 0 Å². The topological polar surface area (TPSA) is 52.7 Å². The van der Waals surface area contributed by atoms with E-state index in [1.54, 1.807) is 4.90 Å². The van der Waals surface area contributed by atoms with Gasteiger partial charge in [0.25, 0.3) is 0 Å². The number of carbonyl (C=O) groups is 2. The van der Waals surface area contributed by atoms with E-state index in [0.29, 0.717) is 25.9 Å². The molecule has 2 heterocycles. The molecule has 2 fully saturated rings. The highest BCUT2D eigenvalue weighted by Crippen LogP contribution is 2.18.